The lowest BCUT2D eigenvalue weighted by atomic mass is 10.0. The summed E-state index contributed by atoms with van der Waals surface area (Å²) in [4.78, 5) is 17.9. The fourth-order valence-electron chi connectivity index (χ4n) is 1.89. The molecule has 0 saturated carbocycles. The Hall–Kier alpha value is -1.55. The Morgan fingerprint density at radius 3 is 2.60 bits per heavy atom. The molecular formula is C16H20N2OS. The zero-order valence-corrected chi connectivity index (χ0v) is 13.0. The summed E-state index contributed by atoms with van der Waals surface area (Å²) in [7, 11) is 1.77. The van der Waals surface area contributed by atoms with Crippen LogP contribution < -0.4 is 0 Å². The number of hydrogen-bond acceptors (Lipinski definition) is 3. The molecule has 0 N–H and O–H groups in total. The fraction of sp³-hybridized carbons (Fsp3) is 0.375. The largest absolute Gasteiger partial charge is 0.291 e. The van der Waals surface area contributed by atoms with Crippen molar-refractivity contribution in [3.8, 4) is 0 Å². The summed E-state index contributed by atoms with van der Waals surface area (Å²) in [5.41, 5.74) is 2.35. The van der Waals surface area contributed by atoms with Gasteiger partial charge in [-0.15, -0.1) is 0 Å². The summed E-state index contributed by atoms with van der Waals surface area (Å²) in [6, 6.07) is 8.30. The molecule has 106 valence electrons. The topological polar surface area (TPSA) is 32.7 Å². The molecule has 0 radical (unpaired) electrons. The van der Waals surface area contributed by atoms with E-state index in [1.807, 2.05) is 18.2 Å². The second kappa shape index (κ2) is 6.75. The highest BCUT2D eigenvalue weighted by Gasteiger charge is 2.16. The number of amidine groups is 1. The number of nitrogens with zero attached hydrogens (tertiary/aromatic N) is 2. The monoisotopic (exact) mass is 288 g/mol. The van der Waals surface area contributed by atoms with E-state index in [4.69, 9.17) is 0 Å². The minimum atomic E-state index is -0.0360. The predicted octanol–water partition coefficient (Wildman–Crippen LogP) is 3.38. The standard InChI is InChI=1S/C16H20N2OS/c1-12(2)14-7-4-13(5-8-14)6-9-15(19)18(3)16-17-10-11-20-16/h4-9,12H,10-11H2,1-3H3. The Labute approximate surface area is 124 Å². The van der Waals surface area contributed by atoms with Gasteiger partial charge in [0.15, 0.2) is 5.17 Å². The van der Waals surface area contributed by atoms with Crippen molar-refractivity contribution in [3.05, 3.63) is 41.5 Å². The maximum absolute atomic E-state index is 12.0. The Morgan fingerprint density at radius 2 is 2.05 bits per heavy atom. The van der Waals surface area contributed by atoms with Crippen molar-refractivity contribution >= 4 is 28.9 Å². The predicted molar refractivity (Wildman–Crippen MR) is 87.1 cm³/mol. The number of aliphatic imine (C=N–C) groups is 1. The van der Waals surface area contributed by atoms with Crippen LogP contribution in [0.5, 0.6) is 0 Å². The first kappa shape index (κ1) is 14.9. The molecule has 1 heterocycles. The van der Waals surface area contributed by atoms with Crippen LogP contribution in [-0.2, 0) is 4.79 Å². The van der Waals surface area contributed by atoms with Crippen molar-refractivity contribution in [2.45, 2.75) is 19.8 Å². The van der Waals surface area contributed by atoms with Crippen LogP contribution in [0.3, 0.4) is 0 Å². The molecule has 0 atom stereocenters. The van der Waals surface area contributed by atoms with Crippen LogP contribution in [0.15, 0.2) is 35.3 Å². The van der Waals surface area contributed by atoms with Crippen LogP contribution in [0.4, 0.5) is 0 Å². The first-order valence-corrected chi connectivity index (χ1v) is 7.79. The van der Waals surface area contributed by atoms with E-state index in [-0.39, 0.29) is 5.91 Å². The number of hydrogen-bond donors (Lipinski definition) is 0. The van der Waals surface area contributed by atoms with E-state index in [1.54, 1.807) is 29.8 Å². The van der Waals surface area contributed by atoms with Crippen LogP contribution in [-0.4, -0.2) is 35.3 Å². The molecule has 0 fully saturated rings. The lowest BCUT2D eigenvalue weighted by molar-refractivity contribution is -0.121. The van der Waals surface area contributed by atoms with Crippen LogP contribution in [0.2, 0.25) is 0 Å². The number of carbonyl (C=O) groups is 1. The van der Waals surface area contributed by atoms with Gasteiger partial charge in [-0.3, -0.25) is 14.7 Å². The molecule has 3 nitrogen and oxygen atoms in total. The summed E-state index contributed by atoms with van der Waals surface area (Å²) in [6.07, 6.45) is 3.45. The molecule has 1 amide bonds. The Bertz CT molecular complexity index is 532. The molecule has 0 bridgehead atoms. The summed E-state index contributed by atoms with van der Waals surface area (Å²) >= 11 is 1.63. The maximum Gasteiger partial charge on any atom is 0.252 e. The van der Waals surface area contributed by atoms with Crippen LogP contribution >= 0.6 is 11.8 Å². The van der Waals surface area contributed by atoms with Gasteiger partial charge in [0.1, 0.15) is 0 Å². The molecule has 0 unspecified atom stereocenters. The van der Waals surface area contributed by atoms with Crippen molar-refractivity contribution in [2.24, 2.45) is 4.99 Å². The Balaban J connectivity index is 1.99. The summed E-state index contributed by atoms with van der Waals surface area (Å²) in [6.45, 7) is 5.14. The van der Waals surface area contributed by atoms with Gasteiger partial charge in [-0.2, -0.15) is 0 Å². The van der Waals surface area contributed by atoms with E-state index < -0.39 is 0 Å². The van der Waals surface area contributed by atoms with Crippen molar-refractivity contribution in [3.63, 3.8) is 0 Å². The van der Waals surface area contributed by atoms with E-state index in [0.29, 0.717) is 5.92 Å². The van der Waals surface area contributed by atoms with E-state index >= 15 is 0 Å². The molecule has 20 heavy (non-hydrogen) atoms. The molecule has 0 saturated heterocycles. The highest BCUT2D eigenvalue weighted by molar-refractivity contribution is 8.14. The Kier molecular flexibility index (Phi) is 5.01. The molecular weight excluding hydrogens is 268 g/mol. The number of carbonyl (C=O) groups excluding carboxylic acids is 1. The van der Waals surface area contributed by atoms with Gasteiger partial charge >= 0.3 is 0 Å². The van der Waals surface area contributed by atoms with Gasteiger partial charge in [-0.1, -0.05) is 49.9 Å². The van der Waals surface area contributed by atoms with Gasteiger partial charge in [0.2, 0.25) is 0 Å². The van der Waals surface area contributed by atoms with Crippen LogP contribution in [0.1, 0.15) is 30.9 Å². The van der Waals surface area contributed by atoms with Crippen LogP contribution in [0.25, 0.3) is 6.08 Å². The second-order valence-corrected chi connectivity index (χ2v) is 6.13. The van der Waals surface area contributed by atoms with Gasteiger partial charge < -0.3 is 0 Å². The van der Waals surface area contributed by atoms with Gasteiger partial charge in [-0.05, 0) is 23.1 Å². The number of rotatable bonds is 3. The smallest absolute Gasteiger partial charge is 0.252 e. The fourth-order valence-corrected chi connectivity index (χ4v) is 2.72. The molecule has 1 aromatic carbocycles. The van der Waals surface area contributed by atoms with E-state index in [0.717, 1.165) is 23.0 Å². The lowest BCUT2D eigenvalue weighted by Gasteiger charge is -2.13. The second-order valence-electron chi connectivity index (χ2n) is 5.06. The molecule has 0 aromatic heterocycles. The molecule has 0 spiro atoms. The van der Waals surface area contributed by atoms with Gasteiger partial charge in [0, 0.05) is 18.9 Å². The number of thioether (sulfide) groups is 1. The van der Waals surface area contributed by atoms with Crippen molar-refractivity contribution in [1.29, 1.82) is 0 Å². The molecule has 1 aliphatic rings. The SMILES string of the molecule is CC(C)c1ccc(C=CC(=O)N(C)C2=NCCS2)cc1. The zero-order valence-electron chi connectivity index (χ0n) is 12.2. The highest BCUT2D eigenvalue weighted by Crippen LogP contribution is 2.16. The van der Waals surface area contributed by atoms with Crippen LogP contribution in [0, 0.1) is 0 Å². The molecule has 1 aliphatic heterocycles. The summed E-state index contributed by atoms with van der Waals surface area (Å²) in [5, 5.41) is 0.815. The highest BCUT2D eigenvalue weighted by atomic mass is 32.2. The molecule has 0 aliphatic carbocycles. The van der Waals surface area contributed by atoms with E-state index in [2.05, 4.69) is 31.0 Å². The van der Waals surface area contributed by atoms with Gasteiger partial charge in [-0.25, -0.2) is 0 Å². The third-order valence-corrected chi connectivity index (χ3v) is 4.26. The Morgan fingerprint density at radius 1 is 1.35 bits per heavy atom. The zero-order chi connectivity index (χ0) is 14.5. The summed E-state index contributed by atoms with van der Waals surface area (Å²) < 4.78 is 0. The van der Waals surface area contributed by atoms with Crippen molar-refractivity contribution in [1.82, 2.24) is 4.90 Å². The van der Waals surface area contributed by atoms with Crippen molar-refractivity contribution in [2.75, 3.05) is 19.3 Å². The minimum Gasteiger partial charge on any atom is -0.291 e. The summed E-state index contributed by atoms with van der Waals surface area (Å²) in [5.74, 6) is 1.46. The quantitative estimate of drug-likeness (QED) is 0.799. The third kappa shape index (κ3) is 3.73. The maximum atomic E-state index is 12.0. The number of likely N-dealkylation sites (N-methyl/N-ethyl adjacent to an activating group) is 1. The first-order valence-electron chi connectivity index (χ1n) is 6.81. The van der Waals surface area contributed by atoms with Crippen molar-refractivity contribution < 1.29 is 4.79 Å². The normalized spacial score (nSPS) is 14.9. The van der Waals surface area contributed by atoms with Gasteiger partial charge in [0.05, 0.1) is 6.54 Å². The van der Waals surface area contributed by atoms with E-state index in [1.165, 1.54) is 5.56 Å². The average Bonchev–Trinajstić information content (AvgIpc) is 2.98. The third-order valence-electron chi connectivity index (χ3n) is 3.21. The number of amides is 1. The van der Waals surface area contributed by atoms with E-state index in [9.17, 15) is 4.79 Å². The minimum absolute atomic E-state index is 0.0360. The molecule has 2 rings (SSSR count). The molecule has 1 aromatic rings. The average molecular weight is 288 g/mol. The van der Waals surface area contributed by atoms with Gasteiger partial charge in [0.25, 0.3) is 5.91 Å². The first-order chi connectivity index (χ1) is 9.58. The molecule has 4 heteroatoms. The number of benzene rings is 1. The lowest BCUT2D eigenvalue weighted by Crippen LogP contribution is -2.28.